The van der Waals surface area contributed by atoms with E-state index >= 15 is 0 Å². The van der Waals surface area contributed by atoms with Crippen LogP contribution in [0.5, 0.6) is 5.75 Å². The van der Waals surface area contributed by atoms with Crippen molar-refractivity contribution in [3.63, 3.8) is 0 Å². The SMILES string of the molecule is CCCN(C(=O)O)c1cccc(OC(=O)N(CCCl)CCCl)c1. The van der Waals surface area contributed by atoms with Gasteiger partial charge in [0.1, 0.15) is 5.75 Å². The highest BCUT2D eigenvalue weighted by atomic mass is 35.5. The maximum atomic E-state index is 12.1. The van der Waals surface area contributed by atoms with Crippen LogP contribution < -0.4 is 9.64 Å². The zero-order valence-electron chi connectivity index (χ0n) is 12.9. The fraction of sp³-hybridized carbons (Fsp3) is 0.467. The van der Waals surface area contributed by atoms with Crippen LogP contribution in [0.1, 0.15) is 13.3 Å². The molecule has 0 radical (unpaired) electrons. The summed E-state index contributed by atoms with van der Waals surface area (Å²) < 4.78 is 5.28. The van der Waals surface area contributed by atoms with Crippen molar-refractivity contribution in [2.75, 3.05) is 36.3 Å². The molecule has 0 fully saturated rings. The summed E-state index contributed by atoms with van der Waals surface area (Å²) in [5.41, 5.74) is 0.450. The molecular weight excluding hydrogens is 343 g/mol. The average molecular weight is 363 g/mol. The first-order valence-electron chi connectivity index (χ1n) is 7.22. The molecule has 1 rings (SSSR count). The Kier molecular flexibility index (Phi) is 8.58. The van der Waals surface area contributed by atoms with Crippen LogP contribution in [-0.4, -0.2) is 53.6 Å². The third-order valence-corrected chi connectivity index (χ3v) is 3.32. The standard InChI is InChI=1S/C15H20Cl2N2O4/c1-2-8-19(14(20)21)12-4-3-5-13(11-12)23-15(22)18(9-6-16)10-7-17/h3-5,11H,2,6-10H2,1H3,(H,20,21). The Morgan fingerprint density at radius 3 is 2.35 bits per heavy atom. The lowest BCUT2D eigenvalue weighted by molar-refractivity contribution is 0.158. The van der Waals surface area contributed by atoms with Gasteiger partial charge in [0.2, 0.25) is 0 Å². The van der Waals surface area contributed by atoms with E-state index in [2.05, 4.69) is 0 Å². The van der Waals surface area contributed by atoms with Gasteiger partial charge in [-0.15, -0.1) is 23.2 Å². The van der Waals surface area contributed by atoms with Crippen molar-refractivity contribution in [2.24, 2.45) is 0 Å². The summed E-state index contributed by atoms with van der Waals surface area (Å²) in [6, 6.07) is 6.39. The maximum absolute atomic E-state index is 12.1. The van der Waals surface area contributed by atoms with Gasteiger partial charge in [-0.05, 0) is 18.6 Å². The molecule has 0 atom stereocenters. The number of nitrogens with zero attached hydrogens (tertiary/aromatic N) is 2. The van der Waals surface area contributed by atoms with E-state index in [1.807, 2.05) is 6.92 Å². The molecule has 0 heterocycles. The lowest BCUT2D eigenvalue weighted by Gasteiger charge is -2.21. The number of hydrogen-bond donors (Lipinski definition) is 1. The molecule has 0 aliphatic heterocycles. The van der Waals surface area contributed by atoms with Gasteiger partial charge in [-0.3, -0.25) is 4.90 Å². The summed E-state index contributed by atoms with van der Waals surface area (Å²) in [5.74, 6) is 0.814. The number of anilines is 1. The molecule has 0 aliphatic rings. The Bertz CT molecular complexity index is 522. The average Bonchev–Trinajstić information content (AvgIpc) is 2.52. The first-order valence-corrected chi connectivity index (χ1v) is 8.29. The zero-order valence-corrected chi connectivity index (χ0v) is 14.4. The summed E-state index contributed by atoms with van der Waals surface area (Å²) in [6.07, 6.45) is -0.947. The van der Waals surface area contributed by atoms with Gasteiger partial charge in [-0.25, -0.2) is 9.59 Å². The lowest BCUT2D eigenvalue weighted by atomic mass is 10.2. The van der Waals surface area contributed by atoms with Crippen molar-refractivity contribution < 1.29 is 19.4 Å². The van der Waals surface area contributed by atoms with Crippen LogP contribution in [0, 0.1) is 0 Å². The molecule has 6 nitrogen and oxygen atoms in total. The third-order valence-electron chi connectivity index (χ3n) is 2.98. The molecule has 1 aromatic carbocycles. The Morgan fingerprint density at radius 2 is 1.83 bits per heavy atom. The fourth-order valence-corrected chi connectivity index (χ4v) is 2.35. The predicted octanol–water partition coefficient (Wildman–Crippen LogP) is 3.86. The summed E-state index contributed by atoms with van der Waals surface area (Å²) in [6.45, 7) is 2.89. The van der Waals surface area contributed by atoms with Gasteiger partial charge >= 0.3 is 12.2 Å². The molecule has 0 unspecified atom stereocenters. The van der Waals surface area contributed by atoms with Gasteiger partial charge in [-0.2, -0.15) is 0 Å². The van der Waals surface area contributed by atoms with Gasteiger partial charge in [0.15, 0.2) is 0 Å². The molecule has 2 amide bonds. The van der Waals surface area contributed by atoms with E-state index in [4.69, 9.17) is 27.9 Å². The molecule has 8 heteroatoms. The number of ether oxygens (including phenoxy) is 1. The second-order valence-corrected chi connectivity index (χ2v) is 5.42. The monoisotopic (exact) mass is 362 g/mol. The molecule has 0 bridgehead atoms. The van der Waals surface area contributed by atoms with E-state index < -0.39 is 12.2 Å². The number of carbonyl (C=O) groups excluding carboxylic acids is 1. The van der Waals surface area contributed by atoms with Crippen molar-refractivity contribution in [2.45, 2.75) is 13.3 Å². The molecule has 0 saturated carbocycles. The number of carbonyl (C=O) groups is 2. The van der Waals surface area contributed by atoms with Gasteiger partial charge in [0.05, 0.1) is 5.69 Å². The molecule has 0 aromatic heterocycles. The molecule has 0 aliphatic carbocycles. The van der Waals surface area contributed by atoms with Crippen LogP contribution in [0.3, 0.4) is 0 Å². The summed E-state index contributed by atoms with van der Waals surface area (Å²) in [4.78, 5) is 26.0. The number of amides is 2. The molecular formula is C15H20Cl2N2O4. The molecule has 1 N–H and O–H groups in total. The Morgan fingerprint density at radius 1 is 1.17 bits per heavy atom. The molecule has 23 heavy (non-hydrogen) atoms. The normalized spacial score (nSPS) is 10.2. The first kappa shape index (κ1) is 19.4. The minimum Gasteiger partial charge on any atom is -0.465 e. The van der Waals surface area contributed by atoms with Crippen LogP contribution in [-0.2, 0) is 0 Å². The van der Waals surface area contributed by atoms with Gasteiger partial charge in [0.25, 0.3) is 0 Å². The second-order valence-electron chi connectivity index (χ2n) is 4.66. The Labute approximate surface area is 145 Å². The highest BCUT2D eigenvalue weighted by molar-refractivity contribution is 6.18. The van der Waals surface area contributed by atoms with Crippen molar-refractivity contribution in [3.8, 4) is 5.75 Å². The minimum atomic E-state index is -1.05. The summed E-state index contributed by atoms with van der Waals surface area (Å²) in [5, 5.41) is 9.24. The van der Waals surface area contributed by atoms with E-state index in [-0.39, 0.29) is 17.5 Å². The highest BCUT2D eigenvalue weighted by Gasteiger charge is 2.17. The fourth-order valence-electron chi connectivity index (χ4n) is 1.94. The molecule has 1 aromatic rings. The molecule has 0 saturated heterocycles. The number of rotatable bonds is 8. The van der Waals surface area contributed by atoms with Crippen LogP contribution >= 0.6 is 23.2 Å². The second kappa shape index (κ2) is 10.2. The smallest absolute Gasteiger partial charge is 0.415 e. The number of carboxylic acid groups (broad SMARTS) is 1. The van der Waals surface area contributed by atoms with Crippen molar-refractivity contribution in [1.82, 2.24) is 4.90 Å². The molecule has 0 spiro atoms. The Hall–Kier alpha value is -1.66. The van der Waals surface area contributed by atoms with Gasteiger partial charge < -0.3 is 14.7 Å². The zero-order chi connectivity index (χ0) is 17.2. The minimum absolute atomic E-state index is 0.268. The first-order chi connectivity index (χ1) is 11.0. The highest BCUT2D eigenvalue weighted by Crippen LogP contribution is 2.22. The van der Waals surface area contributed by atoms with E-state index in [1.54, 1.807) is 18.2 Å². The largest absolute Gasteiger partial charge is 0.465 e. The van der Waals surface area contributed by atoms with Gasteiger partial charge in [-0.1, -0.05) is 13.0 Å². The predicted molar refractivity (Wildman–Crippen MR) is 91.1 cm³/mol. The van der Waals surface area contributed by atoms with Crippen LogP contribution in [0.4, 0.5) is 15.3 Å². The number of hydrogen-bond acceptors (Lipinski definition) is 3. The summed E-state index contributed by atoms with van der Waals surface area (Å²) in [7, 11) is 0. The van der Waals surface area contributed by atoms with E-state index in [0.717, 1.165) is 0 Å². The molecule has 128 valence electrons. The number of halogens is 2. The quantitative estimate of drug-likeness (QED) is 0.712. The lowest BCUT2D eigenvalue weighted by Crippen LogP contribution is -2.36. The topological polar surface area (TPSA) is 70.1 Å². The number of alkyl halides is 2. The third kappa shape index (κ3) is 6.15. The van der Waals surface area contributed by atoms with Crippen molar-refractivity contribution in [1.29, 1.82) is 0 Å². The van der Waals surface area contributed by atoms with Crippen molar-refractivity contribution in [3.05, 3.63) is 24.3 Å². The number of benzene rings is 1. The Balaban J connectivity index is 2.87. The van der Waals surface area contributed by atoms with Crippen LogP contribution in [0.25, 0.3) is 0 Å². The maximum Gasteiger partial charge on any atom is 0.415 e. The van der Waals surface area contributed by atoms with Crippen LogP contribution in [0.15, 0.2) is 24.3 Å². The van der Waals surface area contributed by atoms with E-state index in [0.29, 0.717) is 31.7 Å². The van der Waals surface area contributed by atoms with Gasteiger partial charge in [0, 0.05) is 37.5 Å². The van der Waals surface area contributed by atoms with Crippen LogP contribution in [0.2, 0.25) is 0 Å². The van der Waals surface area contributed by atoms with Crippen molar-refractivity contribution >= 4 is 41.1 Å². The summed E-state index contributed by atoms with van der Waals surface area (Å²) >= 11 is 11.3. The van der Waals surface area contributed by atoms with E-state index in [1.165, 1.54) is 15.9 Å². The van der Waals surface area contributed by atoms with E-state index in [9.17, 15) is 14.7 Å².